The zero-order valence-corrected chi connectivity index (χ0v) is 10.3. The molecule has 1 fully saturated rings. The Morgan fingerprint density at radius 3 is 2.88 bits per heavy atom. The van der Waals surface area contributed by atoms with Gasteiger partial charge in [0.1, 0.15) is 0 Å². The summed E-state index contributed by atoms with van der Waals surface area (Å²) in [5.74, 6) is 0.270. The average Bonchev–Trinajstić information content (AvgIpc) is 2.39. The topological polar surface area (TPSA) is 54.0 Å². The van der Waals surface area contributed by atoms with Crippen molar-refractivity contribution in [2.45, 2.75) is 19.4 Å². The zero-order valence-electron chi connectivity index (χ0n) is 9.58. The van der Waals surface area contributed by atoms with Gasteiger partial charge in [-0.2, -0.15) is 0 Å². The van der Waals surface area contributed by atoms with Crippen molar-refractivity contribution in [3.8, 4) is 0 Å². The standard InChI is InChI=1S/C12H16ClN3O/c13-10-1-2-11(15-7-10)8-16-12(17)9-3-5-14-6-4-9/h1-2,7,9,14H,3-6,8H2,(H,16,17). The molecule has 0 atom stereocenters. The monoisotopic (exact) mass is 253 g/mol. The molecule has 2 rings (SSSR count). The van der Waals surface area contributed by atoms with E-state index in [1.165, 1.54) is 0 Å². The molecule has 1 aliphatic rings. The van der Waals surface area contributed by atoms with Crippen LogP contribution in [0.25, 0.3) is 0 Å². The Morgan fingerprint density at radius 2 is 2.24 bits per heavy atom. The molecule has 1 saturated heterocycles. The van der Waals surface area contributed by atoms with Gasteiger partial charge in [0.05, 0.1) is 17.3 Å². The van der Waals surface area contributed by atoms with Gasteiger partial charge in [0.25, 0.3) is 0 Å². The Hall–Kier alpha value is -1.13. The molecule has 0 radical (unpaired) electrons. The van der Waals surface area contributed by atoms with Crippen molar-refractivity contribution in [1.29, 1.82) is 0 Å². The number of amides is 1. The molecule has 0 unspecified atom stereocenters. The minimum atomic E-state index is 0.128. The number of piperidine rings is 1. The maximum atomic E-state index is 11.8. The highest BCUT2D eigenvalue weighted by molar-refractivity contribution is 6.30. The molecule has 0 saturated carbocycles. The minimum Gasteiger partial charge on any atom is -0.350 e. The predicted molar refractivity (Wildman–Crippen MR) is 66.7 cm³/mol. The number of nitrogens with one attached hydrogen (secondary N) is 2. The minimum absolute atomic E-state index is 0.128. The second kappa shape index (κ2) is 5.98. The summed E-state index contributed by atoms with van der Waals surface area (Å²) < 4.78 is 0. The molecule has 1 aromatic rings. The number of pyridine rings is 1. The van der Waals surface area contributed by atoms with E-state index in [2.05, 4.69) is 15.6 Å². The fourth-order valence-corrected chi connectivity index (χ4v) is 2.03. The van der Waals surface area contributed by atoms with Crippen molar-refractivity contribution in [3.05, 3.63) is 29.0 Å². The Labute approximate surface area is 106 Å². The fraction of sp³-hybridized carbons (Fsp3) is 0.500. The van der Waals surface area contributed by atoms with Crippen molar-refractivity contribution < 1.29 is 4.79 Å². The summed E-state index contributed by atoms with van der Waals surface area (Å²) in [5.41, 5.74) is 0.830. The third-order valence-corrected chi connectivity index (χ3v) is 3.17. The van der Waals surface area contributed by atoms with Crippen molar-refractivity contribution >= 4 is 17.5 Å². The van der Waals surface area contributed by atoms with Crippen molar-refractivity contribution in [1.82, 2.24) is 15.6 Å². The summed E-state index contributed by atoms with van der Waals surface area (Å²) >= 11 is 5.74. The maximum absolute atomic E-state index is 11.8. The Balaban J connectivity index is 1.81. The number of nitrogens with zero attached hydrogens (tertiary/aromatic N) is 1. The first-order chi connectivity index (χ1) is 8.25. The van der Waals surface area contributed by atoms with Crippen LogP contribution >= 0.6 is 11.6 Å². The lowest BCUT2D eigenvalue weighted by Gasteiger charge is -2.21. The van der Waals surface area contributed by atoms with Crippen LogP contribution in [0.2, 0.25) is 5.02 Å². The molecule has 17 heavy (non-hydrogen) atoms. The first kappa shape index (κ1) is 12.3. The molecule has 4 nitrogen and oxygen atoms in total. The summed E-state index contributed by atoms with van der Waals surface area (Å²) in [4.78, 5) is 16.0. The summed E-state index contributed by atoms with van der Waals surface area (Å²) in [6.07, 6.45) is 3.42. The van der Waals surface area contributed by atoms with Crippen LogP contribution in [0.3, 0.4) is 0 Å². The Kier molecular flexibility index (Phi) is 4.34. The van der Waals surface area contributed by atoms with Crippen LogP contribution in [0.1, 0.15) is 18.5 Å². The summed E-state index contributed by atoms with van der Waals surface area (Å²) in [6.45, 7) is 2.33. The van der Waals surface area contributed by atoms with E-state index in [1.54, 1.807) is 12.3 Å². The van der Waals surface area contributed by atoms with Gasteiger partial charge in [-0.1, -0.05) is 11.6 Å². The number of carbonyl (C=O) groups excluding carboxylic acids is 1. The first-order valence-electron chi connectivity index (χ1n) is 5.84. The average molecular weight is 254 g/mol. The highest BCUT2D eigenvalue weighted by Crippen LogP contribution is 2.12. The van der Waals surface area contributed by atoms with Crippen molar-refractivity contribution in [2.24, 2.45) is 5.92 Å². The predicted octanol–water partition coefficient (Wildman–Crippen LogP) is 1.35. The summed E-state index contributed by atoms with van der Waals surface area (Å²) in [6, 6.07) is 3.60. The van der Waals surface area contributed by atoms with Crippen molar-refractivity contribution in [3.63, 3.8) is 0 Å². The quantitative estimate of drug-likeness (QED) is 0.855. The largest absolute Gasteiger partial charge is 0.350 e. The Bertz CT molecular complexity index is 374. The van der Waals surface area contributed by atoms with Crippen LogP contribution in [0.5, 0.6) is 0 Å². The molecular weight excluding hydrogens is 238 g/mol. The summed E-state index contributed by atoms with van der Waals surface area (Å²) in [5, 5.41) is 6.77. The van der Waals surface area contributed by atoms with Gasteiger partial charge in [0.2, 0.25) is 5.91 Å². The molecule has 0 aromatic carbocycles. The highest BCUT2D eigenvalue weighted by Gasteiger charge is 2.20. The van der Waals surface area contributed by atoms with E-state index in [1.807, 2.05) is 6.07 Å². The van der Waals surface area contributed by atoms with E-state index in [0.29, 0.717) is 11.6 Å². The second-order valence-corrected chi connectivity index (χ2v) is 4.65. The normalized spacial score (nSPS) is 16.8. The highest BCUT2D eigenvalue weighted by atomic mass is 35.5. The lowest BCUT2D eigenvalue weighted by molar-refractivity contribution is -0.125. The third-order valence-electron chi connectivity index (χ3n) is 2.94. The van der Waals surface area contributed by atoms with Gasteiger partial charge in [-0.05, 0) is 38.1 Å². The smallest absolute Gasteiger partial charge is 0.223 e. The summed E-state index contributed by atoms with van der Waals surface area (Å²) in [7, 11) is 0. The molecule has 0 bridgehead atoms. The number of carbonyl (C=O) groups is 1. The molecule has 1 aromatic heterocycles. The van der Waals surface area contributed by atoms with Gasteiger partial charge in [0.15, 0.2) is 0 Å². The van der Waals surface area contributed by atoms with Gasteiger partial charge in [-0.15, -0.1) is 0 Å². The number of hydrogen-bond acceptors (Lipinski definition) is 3. The maximum Gasteiger partial charge on any atom is 0.223 e. The lowest BCUT2D eigenvalue weighted by atomic mass is 9.97. The van der Waals surface area contributed by atoms with Gasteiger partial charge in [-0.25, -0.2) is 0 Å². The fourth-order valence-electron chi connectivity index (χ4n) is 1.92. The lowest BCUT2D eigenvalue weighted by Crippen LogP contribution is -2.37. The number of aromatic nitrogens is 1. The van der Waals surface area contributed by atoms with Crippen LogP contribution in [-0.4, -0.2) is 24.0 Å². The molecule has 0 spiro atoms. The van der Waals surface area contributed by atoms with E-state index in [9.17, 15) is 4.79 Å². The van der Waals surface area contributed by atoms with Gasteiger partial charge >= 0.3 is 0 Å². The molecule has 5 heteroatoms. The van der Waals surface area contributed by atoms with Crippen LogP contribution in [0.4, 0.5) is 0 Å². The SMILES string of the molecule is O=C(NCc1ccc(Cl)cn1)C1CCNCC1. The van der Waals surface area contributed by atoms with E-state index in [-0.39, 0.29) is 11.8 Å². The molecule has 1 aliphatic heterocycles. The van der Waals surface area contributed by atoms with Crippen LogP contribution < -0.4 is 10.6 Å². The molecule has 1 amide bonds. The Morgan fingerprint density at radius 1 is 1.47 bits per heavy atom. The van der Waals surface area contributed by atoms with Crippen LogP contribution in [0, 0.1) is 5.92 Å². The first-order valence-corrected chi connectivity index (χ1v) is 6.22. The van der Waals surface area contributed by atoms with Gasteiger partial charge in [0, 0.05) is 12.1 Å². The van der Waals surface area contributed by atoms with Gasteiger partial charge in [-0.3, -0.25) is 9.78 Å². The van der Waals surface area contributed by atoms with E-state index in [4.69, 9.17) is 11.6 Å². The van der Waals surface area contributed by atoms with Crippen LogP contribution in [-0.2, 0) is 11.3 Å². The van der Waals surface area contributed by atoms with E-state index >= 15 is 0 Å². The molecular formula is C12H16ClN3O. The molecule has 0 aliphatic carbocycles. The van der Waals surface area contributed by atoms with E-state index < -0.39 is 0 Å². The molecule has 92 valence electrons. The van der Waals surface area contributed by atoms with E-state index in [0.717, 1.165) is 31.6 Å². The molecule has 2 heterocycles. The number of halogens is 1. The van der Waals surface area contributed by atoms with Crippen molar-refractivity contribution in [2.75, 3.05) is 13.1 Å². The zero-order chi connectivity index (χ0) is 12.1. The molecule has 2 N–H and O–H groups in total. The van der Waals surface area contributed by atoms with Gasteiger partial charge < -0.3 is 10.6 Å². The second-order valence-electron chi connectivity index (χ2n) is 4.21. The van der Waals surface area contributed by atoms with Crippen LogP contribution in [0.15, 0.2) is 18.3 Å². The number of rotatable bonds is 3. The third kappa shape index (κ3) is 3.68. The number of hydrogen-bond donors (Lipinski definition) is 2.